The third-order valence-corrected chi connectivity index (χ3v) is 2.99. The van der Waals surface area contributed by atoms with Crippen LogP contribution in [0.5, 0.6) is 0 Å². The summed E-state index contributed by atoms with van der Waals surface area (Å²) in [6, 6.07) is 4.16. The van der Waals surface area contributed by atoms with Gasteiger partial charge in [-0.15, -0.1) is 0 Å². The number of hydrogen-bond acceptors (Lipinski definition) is 3. The van der Waals surface area contributed by atoms with Crippen LogP contribution in [0.2, 0.25) is 0 Å². The van der Waals surface area contributed by atoms with Crippen LogP contribution in [0.15, 0.2) is 18.3 Å². The highest BCUT2D eigenvalue weighted by atomic mass is 16.2. The van der Waals surface area contributed by atoms with Gasteiger partial charge in [0.1, 0.15) is 0 Å². The summed E-state index contributed by atoms with van der Waals surface area (Å²) >= 11 is 0. The van der Waals surface area contributed by atoms with E-state index in [1.165, 1.54) is 0 Å². The summed E-state index contributed by atoms with van der Waals surface area (Å²) in [6.45, 7) is 8.47. The van der Waals surface area contributed by atoms with E-state index in [1.807, 2.05) is 18.0 Å². The molecule has 1 aliphatic rings. The largest absolute Gasteiger partial charge is 0.273 e. The SMILES string of the molecule is CC1CC(=O)NN1c1ncccc1C(C)(C)C. The standard InChI is InChI=1S/C13H19N3O/c1-9-8-11(17)15-16(9)12-10(13(2,3)4)6-5-7-14-12/h5-7,9H,8H2,1-4H3,(H,15,17). The molecule has 1 aromatic rings. The van der Waals surface area contributed by atoms with Crippen LogP contribution in [0, 0.1) is 0 Å². The third kappa shape index (κ3) is 2.25. The molecular formula is C13H19N3O. The molecule has 17 heavy (non-hydrogen) atoms. The van der Waals surface area contributed by atoms with Gasteiger partial charge in [0.05, 0.1) is 12.5 Å². The van der Waals surface area contributed by atoms with E-state index >= 15 is 0 Å². The van der Waals surface area contributed by atoms with Gasteiger partial charge in [0.25, 0.3) is 0 Å². The number of amides is 1. The first kappa shape index (κ1) is 11.9. The van der Waals surface area contributed by atoms with E-state index in [4.69, 9.17) is 0 Å². The minimum absolute atomic E-state index is 0.0105. The molecule has 0 saturated carbocycles. The topological polar surface area (TPSA) is 45.2 Å². The second kappa shape index (κ2) is 4.02. The molecule has 1 aliphatic heterocycles. The van der Waals surface area contributed by atoms with Crippen molar-refractivity contribution >= 4 is 11.7 Å². The Morgan fingerprint density at radius 3 is 2.71 bits per heavy atom. The van der Waals surface area contributed by atoms with Crippen molar-refractivity contribution in [2.75, 3.05) is 5.01 Å². The molecule has 1 saturated heterocycles. The van der Waals surface area contributed by atoms with Gasteiger partial charge in [-0.2, -0.15) is 0 Å². The molecule has 0 bridgehead atoms. The van der Waals surface area contributed by atoms with Crippen LogP contribution in [0.25, 0.3) is 0 Å². The monoisotopic (exact) mass is 233 g/mol. The molecule has 0 radical (unpaired) electrons. The van der Waals surface area contributed by atoms with Gasteiger partial charge in [0.15, 0.2) is 5.82 Å². The highest BCUT2D eigenvalue weighted by Crippen LogP contribution is 2.31. The minimum Gasteiger partial charge on any atom is -0.273 e. The number of aromatic nitrogens is 1. The van der Waals surface area contributed by atoms with Crippen molar-refractivity contribution in [3.05, 3.63) is 23.9 Å². The Balaban J connectivity index is 2.42. The van der Waals surface area contributed by atoms with Crippen molar-refractivity contribution in [1.29, 1.82) is 0 Å². The van der Waals surface area contributed by atoms with Crippen LogP contribution in [-0.4, -0.2) is 16.9 Å². The maximum atomic E-state index is 11.4. The summed E-state index contributed by atoms with van der Waals surface area (Å²) in [5, 5.41) is 1.88. The molecule has 0 aromatic carbocycles. The van der Waals surface area contributed by atoms with Crippen LogP contribution in [0.3, 0.4) is 0 Å². The van der Waals surface area contributed by atoms with Gasteiger partial charge in [0, 0.05) is 11.8 Å². The van der Waals surface area contributed by atoms with Gasteiger partial charge in [-0.1, -0.05) is 26.8 Å². The van der Waals surface area contributed by atoms with Crippen molar-refractivity contribution in [3.63, 3.8) is 0 Å². The zero-order valence-electron chi connectivity index (χ0n) is 10.8. The van der Waals surface area contributed by atoms with Crippen molar-refractivity contribution < 1.29 is 4.79 Å². The number of nitrogens with one attached hydrogen (secondary N) is 1. The predicted octanol–water partition coefficient (Wildman–Crippen LogP) is 2.01. The number of hydrogen-bond donors (Lipinski definition) is 1. The Kier molecular flexibility index (Phi) is 2.81. The molecule has 1 fully saturated rings. The van der Waals surface area contributed by atoms with Crippen molar-refractivity contribution in [2.45, 2.75) is 45.6 Å². The van der Waals surface area contributed by atoms with E-state index in [-0.39, 0.29) is 17.4 Å². The fraction of sp³-hybridized carbons (Fsp3) is 0.538. The van der Waals surface area contributed by atoms with E-state index in [0.29, 0.717) is 6.42 Å². The molecule has 1 amide bonds. The molecule has 1 atom stereocenters. The lowest BCUT2D eigenvalue weighted by Gasteiger charge is -2.29. The molecular weight excluding hydrogens is 214 g/mol. The van der Waals surface area contributed by atoms with Crippen molar-refractivity contribution in [1.82, 2.24) is 10.4 Å². The van der Waals surface area contributed by atoms with Gasteiger partial charge >= 0.3 is 0 Å². The molecule has 1 N–H and O–H groups in total. The number of carbonyl (C=O) groups excluding carboxylic acids is 1. The fourth-order valence-corrected chi connectivity index (χ4v) is 2.09. The number of carbonyl (C=O) groups is 1. The molecule has 92 valence electrons. The Morgan fingerprint density at radius 1 is 1.47 bits per heavy atom. The van der Waals surface area contributed by atoms with Crippen molar-refractivity contribution in [3.8, 4) is 0 Å². The molecule has 4 nitrogen and oxygen atoms in total. The first-order valence-corrected chi connectivity index (χ1v) is 5.94. The Morgan fingerprint density at radius 2 is 2.18 bits per heavy atom. The number of rotatable bonds is 1. The van der Waals surface area contributed by atoms with E-state index in [9.17, 15) is 4.79 Å². The van der Waals surface area contributed by atoms with Gasteiger partial charge in [-0.25, -0.2) is 4.98 Å². The normalized spacial score (nSPS) is 20.6. The van der Waals surface area contributed by atoms with Crippen LogP contribution in [-0.2, 0) is 10.2 Å². The second-order valence-corrected chi connectivity index (χ2v) is 5.58. The fourth-order valence-electron chi connectivity index (χ4n) is 2.09. The Labute approximate surface area is 102 Å². The van der Waals surface area contributed by atoms with Crippen LogP contribution in [0.4, 0.5) is 5.82 Å². The minimum atomic E-state index is 0.0105. The smallest absolute Gasteiger partial charge is 0.240 e. The summed E-state index contributed by atoms with van der Waals surface area (Å²) in [5.74, 6) is 0.918. The number of anilines is 1. The lowest BCUT2D eigenvalue weighted by molar-refractivity contribution is -0.119. The summed E-state index contributed by atoms with van der Waals surface area (Å²) in [6.07, 6.45) is 2.29. The molecule has 2 rings (SSSR count). The zero-order valence-corrected chi connectivity index (χ0v) is 10.8. The summed E-state index contributed by atoms with van der Waals surface area (Å²) in [5.41, 5.74) is 4.02. The zero-order chi connectivity index (χ0) is 12.6. The number of hydrazine groups is 1. The quantitative estimate of drug-likeness (QED) is 0.807. The first-order valence-electron chi connectivity index (χ1n) is 5.94. The first-order chi connectivity index (χ1) is 7.89. The number of pyridine rings is 1. The molecule has 1 aromatic heterocycles. The van der Waals surface area contributed by atoms with Crippen LogP contribution >= 0.6 is 0 Å². The van der Waals surface area contributed by atoms with Gasteiger partial charge in [-0.3, -0.25) is 15.2 Å². The summed E-state index contributed by atoms with van der Waals surface area (Å²) in [7, 11) is 0. The Bertz CT molecular complexity index is 437. The maximum absolute atomic E-state index is 11.4. The van der Waals surface area contributed by atoms with Gasteiger partial charge in [0.2, 0.25) is 5.91 Å². The third-order valence-electron chi connectivity index (χ3n) is 2.99. The van der Waals surface area contributed by atoms with E-state index in [2.05, 4.69) is 37.2 Å². The average Bonchev–Trinajstić information content (AvgIpc) is 2.56. The summed E-state index contributed by atoms with van der Waals surface area (Å²) < 4.78 is 0. The van der Waals surface area contributed by atoms with Crippen molar-refractivity contribution in [2.24, 2.45) is 0 Å². The second-order valence-electron chi connectivity index (χ2n) is 5.58. The number of nitrogens with zero attached hydrogens (tertiary/aromatic N) is 2. The highest BCUT2D eigenvalue weighted by Gasteiger charge is 2.31. The Hall–Kier alpha value is -1.58. The molecule has 4 heteroatoms. The summed E-state index contributed by atoms with van der Waals surface area (Å²) in [4.78, 5) is 15.8. The van der Waals surface area contributed by atoms with E-state index < -0.39 is 0 Å². The molecule has 1 unspecified atom stereocenters. The lowest BCUT2D eigenvalue weighted by atomic mass is 9.87. The van der Waals surface area contributed by atoms with E-state index in [0.717, 1.165) is 11.4 Å². The lowest BCUT2D eigenvalue weighted by Crippen LogP contribution is -2.39. The molecule has 0 spiro atoms. The van der Waals surface area contributed by atoms with Crippen LogP contribution < -0.4 is 10.4 Å². The predicted molar refractivity (Wildman–Crippen MR) is 67.6 cm³/mol. The molecule has 0 aliphatic carbocycles. The van der Waals surface area contributed by atoms with Gasteiger partial charge in [-0.05, 0) is 18.4 Å². The van der Waals surface area contributed by atoms with Gasteiger partial charge < -0.3 is 0 Å². The molecule has 2 heterocycles. The maximum Gasteiger partial charge on any atom is 0.240 e. The highest BCUT2D eigenvalue weighted by molar-refractivity contribution is 5.82. The van der Waals surface area contributed by atoms with E-state index in [1.54, 1.807) is 6.20 Å². The average molecular weight is 233 g/mol. The van der Waals surface area contributed by atoms with Crippen LogP contribution in [0.1, 0.15) is 39.7 Å².